The summed E-state index contributed by atoms with van der Waals surface area (Å²) in [6, 6.07) is 7.49. The number of carbonyl (C=O) groups excluding carboxylic acids is 1. The standard InChI is InChI=1S/C14H21ClN2O2/c1-14(2,3)19-13(18)17-9-10(8-16)11-6-4-5-7-12(11)15/h4-7,10H,8-9,16H2,1-3H3,(H,17,18). The fourth-order valence-electron chi connectivity index (χ4n) is 1.65. The summed E-state index contributed by atoms with van der Waals surface area (Å²) in [5, 5.41) is 3.37. The minimum Gasteiger partial charge on any atom is -0.444 e. The largest absolute Gasteiger partial charge is 0.444 e. The van der Waals surface area contributed by atoms with Crippen molar-refractivity contribution < 1.29 is 9.53 Å². The molecule has 1 aromatic carbocycles. The maximum absolute atomic E-state index is 11.6. The number of ether oxygens (including phenoxy) is 1. The zero-order valence-electron chi connectivity index (χ0n) is 11.6. The van der Waals surface area contributed by atoms with Gasteiger partial charge in [0.15, 0.2) is 0 Å². The van der Waals surface area contributed by atoms with Gasteiger partial charge in [0.25, 0.3) is 0 Å². The molecule has 0 aliphatic rings. The van der Waals surface area contributed by atoms with Crippen molar-refractivity contribution in [3.63, 3.8) is 0 Å². The van der Waals surface area contributed by atoms with Crippen molar-refractivity contribution in [2.24, 2.45) is 5.73 Å². The smallest absolute Gasteiger partial charge is 0.407 e. The van der Waals surface area contributed by atoms with E-state index in [0.29, 0.717) is 18.1 Å². The number of nitrogens with one attached hydrogen (secondary N) is 1. The monoisotopic (exact) mass is 284 g/mol. The van der Waals surface area contributed by atoms with Gasteiger partial charge in [0, 0.05) is 24.0 Å². The van der Waals surface area contributed by atoms with Gasteiger partial charge in [-0.2, -0.15) is 0 Å². The molecule has 0 saturated heterocycles. The Morgan fingerprint density at radius 2 is 2.05 bits per heavy atom. The average Bonchev–Trinajstić information content (AvgIpc) is 2.29. The van der Waals surface area contributed by atoms with Gasteiger partial charge in [-0.15, -0.1) is 0 Å². The maximum Gasteiger partial charge on any atom is 0.407 e. The average molecular weight is 285 g/mol. The molecule has 0 heterocycles. The fraction of sp³-hybridized carbons (Fsp3) is 0.500. The van der Waals surface area contributed by atoms with Crippen LogP contribution in [0.1, 0.15) is 32.3 Å². The van der Waals surface area contributed by atoms with Gasteiger partial charge in [-0.3, -0.25) is 0 Å². The Morgan fingerprint density at radius 1 is 1.42 bits per heavy atom. The summed E-state index contributed by atoms with van der Waals surface area (Å²) in [4.78, 5) is 11.6. The number of hydrogen-bond acceptors (Lipinski definition) is 3. The summed E-state index contributed by atoms with van der Waals surface area (Å²) < 4.78 is 5.17. The van der Waals surface area contributed by atoms with E-state index in [0.717, 1.165) is 5.56 Å². The summed E-state index contributed by atoms with van der Waals surface area (Å²) in [5.74, 6) is -0.0266. The number of benzene rings is 1. The number of hydrogen-bond donors (Lipinski definition) is 2. The van der Waals surface area contributed by atoms with E-state index in [1.54, 1.807) is 0 Å². The zero-order valence-corrected chi connectivity index (χ0v) is 12.3. The van der Waals surface area contributed by atoms with Gasteiger partial charge in [0.05, 0.1) is 0 Å². The number of rotatable bonds is 4. The van der Waals surface area contributed by atoms with Crippen molar-refractivity contribution >= 4 is 17.7 Å². The van der Waals surface area contributed by atoms with Gasteiger partial charge < -0.3 is 15.8 Å². The Labute approximate surface area is 119 Å². The second-order valence-corrected chi connectivity index (χ2v) is 5.74. The van der Waals surface area contributed by atoms with Crippen LogP contribution in [0.3, 0.4) is 0 Å². The van der Waals surface area contributed by atoms with E-state index < -0.39 is 11.7 Å². The van der Waals surface area contributed by atoms with Crippen LogP contribution in [0.15, 0.2) is 24.3 Å². The molecule has 0 fully saturated rings. The lowest BCUT2D eigenvalue weighted by atomic mass is 9.99. The van der Waals surface area contributed by atoms with Crippen molar-refractivity contribution in [1.29, 1.82) is 0 Å². The van der Waals surface area contributed by atoms with E-state index in [2.05, 4.69) is 5.32 Å². The number of nitrogens with two attached hydrogens (primary N) is 1. The van der Waals surface area contributed by atoms with Gasteiger partial charge in [-0.1, -0.05) is 29.8 Å². The molecule has 4 nitrogen and oxygen atoms in total. The molecule has 0 aliphatic carbocycles. The zero-order chi connectivity index (χ0) is 14.5. The minimum absolute atomic E-state index is 0.0266. The molecule has 106 valence electrons. The molecule has 0 aromatic heterocycles. The van der Waals surface area contributed by atoms with Gasteiger partial charge in [-0.05, 0) is 32.4 Å². The minimum atomic E-state index is -0.507. The summed E-state index contributed by atoms with van der Waals surface area (Å²) >= 11 is 6.12. The lowest BCUT2D eigenvalue weighted by Crippen LogP contribution is -2.36. The normalized spacial score (nSPS) is 12.9. The van der Waals surface area contributed by atoms with E-state index in [1.165, 1.54) is 0 Å². The molecule has 0 saturated carbocycles. The van der Waals surface area contributed by atoms with Crippen molar-refractivity contribution in [3.05, 3.63) is 34.9 Å². The van der Waals surface area contributed by atoms with Crippen LogP contribution in [0, 0.1) is 0 Å². The number of carbonyl (C=O) groups is 1. The Bertz CT molecular complexity index is 430. The third-order valence-electron chi connectivity index (χ3n) is 2.52. The molecule has 0 spiro atoms. The Morgan fingerprint density at radius 3 is 2.58 bits per heavy atom. The first-order chi connectivity index (χ1) is 8.83. The highest BCUT2D eigenvalue weighted by molar-refractivity contribution is 6.31. The van der Waals surface area contributed by atoms with Crippen molar-refractivity contribution in [2.45, 2.75) is 32.3 Å². The van der Waals surface area contributed by atoms with Crippen LogP contribution in [0.5, 0.6) is 0 Å². The molecule has 0 radical (unpaired) electrons. The van der Waals surface area contributed by atoms with Crippen LogP contribution in [-0.4, -0.2) is 24.8 Å². The van der Waals surface area contributed by atoms with Crippen LogP contribution in [-0.2, 0) is 4.74 Å². The number of alkyl carbamates (subject to hydrolysis) is 1. The predicted octanol–water partition coefficient (Wildman–Crippen LogP) is 2.91. The quantitative estimate of drug-likeness (QED) is 0.893. The van der Waals surface area contributed by atoms with Crippen LogP contribution in [0.2, 0.25) is 5.02 Å². The predicted molar refractivity (Wildman–Crippen MR) is 77.5 cm³/mol. The van der Waals surface area contributed by atoms with E-state index in [9.17, 15) is 4.79 Å². The lowest BCUT2D eigenvalue weighted by molar-refractivity contribution is 0.0525. The van der Waals surface area contributed by atoms with Crippen LogP contribution in [0.25, 0.3) is 0 Å². The third-order valence-corrected chi connectivity index (χ3v) is 2.87. The fourth-order valence-corrected chi connectivity index (χ4v) is 1.94. The molecule has 0 aliphatic heterocycles. The molecule has 1 atom stereocenters. The van der Waals surface area contributed by atoms with Gasteiger partial charge >= 0.3 is 6.09 Å². The Balaban J connectivity index is 2.59. The lowest BCUT2D eigenvalue weighted by Gasteiger charge is -2.22. The van der Waals surface area contributed by atoms with Gasteiger partial charge in [0.2, 0.25) is 0 Å². The summed E-state index contributed by atoms with van der Waals surface area (Å²) in [5.41, 5.74) is 6.16. The van der Waals surface area contributed by atoms with E-state index in [4.69, 9.17) is 22.1 Å². The molecule has 1 rings (SSSR count). The second-order valence-electron chi connectivity index (χ2n) is 5.34. The van der Waals surface area contributed by atoms with Gasteiger partial charge in [-0.25, -0.2) is 4.79 Å². The highest BCUT2D eigenvalue weighted by Gasteiger charge is 2.18. The molecule has 1 amide bonds. The third kappa shape index (κ3) is 5.49. The molecule has 1 aromatic rings. The van der Waals surface area contributed by atoms with Crippen LogP contribution >= 0.6 is 11.6 Å². The molecule has 0 bridgehead atoms. The first-order valence-electron chi connectivity index (χ1n) is 6.25. The summed E-state index contributed by atoms with van der Waals surface area (Å²) in [6.45, 7) is 6.26. The molecular formula is C14H21ClN2O2. The molecule has 19 heavy (non-hydrogen) atoms. The Kier molecular flexibility index (Phi) is 5.63. The van der Waals surface area contributed by atoms with Crippen molar-refractivity contribution in [3.8, 4) is 0 Å². The van der Waals surface area contributed by atoms with Gasteiger partial charge in [0.1, 0.15) is 5.60 Å². The summed E-state index contributed by atoms with van der Waals surface area (Å²) in [7, 11) is 0. The van der Waals surface area contributed by atoms with Crippen molar-refractivity contribution in [1.82, 2.24) is 5.32 Å². The number of halogens is 1. The highest BCUT2D eigenvalue weighted by Crippen LogP contribution is 2.23. The van der Waals surface area contributed by atoms with Crippen LogP contribution in [0.4, 0.5) is 4.79 Å². The first-order valence-corrected chi connectivity index (χ1v) is 6.62. The molecule has 5 heteroatoms. The van der Waals surface area contributed by atoms with E-state index in [1.807, 2.05) is 45.0 Å². The summed E-state index contributed by atoms with van der Waals surface area (Å²) in [6.07, 6.45) is -0.446. The second kappa shape index (κ2) is 6.78. The topological polar surface area (TPSA) is 64.3 Å². The Hall–Kier alpha value is -1.26. The number of amides is 1. The van der Waals surface area contributed by atoms with E-state index >= 15 is 0 Å². The van der Waals surface area contributed by atoms with Crippen LogP contribution < -0.4 is 11.1 Å². The highest BCUT2D eigenvalue weighted by atomic mass is 35.5. The molecule has 3 N–H and O–H groups in total. The molecular weight excluding hydrogens is 264 g/mol. The van der Waals surface area contributed by atoms with Crippen molar-refractivity contribution in [2.75, 3.05) is 13.1 Å². The maximum atomic E-state index is 11.6. The first kappa shape index (κ1) is 15.8. The molecule has 1 unspecified atom stereocenters. The SMILES string of the molecule is CC(C)(C)OC(=O)NCC(CN)c1ccccc1Cl. The van der Waals surface area contributed by atoms with E-state index in [-0.39, 0.29) is 5.92 Å².